The van der Waals surface area contributed by atoms with Crippen LogP contribution in [0.5, 0.6) is 11.5 Å². The molecule has 1 aromatic carbocycles. The lowest BCUT2D eigenvalue weighted by Crippen LogP contribution is -1.99. The Morgan fingerprint density at radius 1 is 1.06 bits per heavy atom. The van der Waals surface area contributed by atoms with Gasteiger partial charge in [0.05, 0.1) is 14.2 Å². The molecule has 0 amide bonds. The Hall–Kier alpha value is -1.18. The van der Waals surface area contributed by atoms with E-state index in [1.807, 2.05) is 0 Å². The van der Waals surface area contributed by atoms with E-state index in [-0.39, 0.29) is 0 Å². The summed E-state index contributed by atoms with van der Waals surface area (Å²) in [5.41, 5.74) is 2.44. The highest BCUT2D eigenvalue weighted by atomic mass is 16.5. The van der Waals surface area contributed by atoms with E-state index in [1.54, 1.807) is 14.2 Å². The first-order valence-electron chi connectivity index (χ1n) is 5.88. The summed E-state index contributed by atoms with van der Waals surface area (Å²) in [5, 5.41) is 0. The summed E-state index contributed by atoms with van der Waals surface area (Å²) in [6.45, 7) is 6.51. The molecule has 0 N–H and O–H groups in total. The average molecular weight is 222 g/mol. The maximum absolute atomic E-state index is 5.45. The van der Waals surface area contributed by atoms with Crippen LogP contribution in [0, 0.1) is 0 Å². The standard InChI is InChI=1S/C14H22O2/c1-6-7-12-13(15-4)8-11(10(2)3)9-14(12)16-5/h8-10H,6-7H2,1-5H3. The maximum atomic E-state index is 5.45. The van der Waals surface area contributed by atoms with E-state index in [9.17, 15) is 0 Å². The molecule has 0 fully saturated rings. The summed E-state index contributed by atoms with van der Waals surface area (Å²) in [7, 11) is 3.44. The van der Waals surface area contributed by atoms with Gasteiger partial charge in [0.15, 0.2) is 0 Å². The quantitative estimate of drug-likeness (QED) is 0.754. The van der Waals surface area contributed by atoms with Crippen LogP contribution in [0.15, 0.2) is 12.1 Å². The zero-order chi connectivity index (χ0) is 12.1. The summed E-state index contributed by atoms with van der Waals surface area (Å²) in [5.74, 6) is 2.38. The van der Waals surface area contributed by atoms with Crippen molar-refractivity contribution >= 4 is 0 Å². The Kier molecular flexibility index (Phi) is 4.66. The summed E-state index contributed by atoms with van der Waals surface area (Å²) >= 11 is 0. The van der Waals surface area contributed by atoms with E-state index in [1.165, 1.54) is 11.1 Å². The largest absolute Gasteiger partial charge is 0.496 e. The fourth-order valence-corrected chi connectivity index (χ4v) is 1.83. The molecule has 2 nitrogen and oxygen atoms in total. The van der Waals surface area contributed by atoms with E-state index in [0.717, 1.165) is 24.3 Å². The van der Waals surface area contributed by atoms with Gasteiger partial charge in [0.25, 0.3) is 0 Å². The molecule has 0 heterocycles. The van der Waals surface area contributed by atoms with Gasteiger partial charge < -0.3 is 9.47 Å². The van der Waals surface area contributed by atoms with Gasteiger partial charge >= 0.3 is 0 Å². The molecular weight excluding hydrogens is 200 g/mol. The van der Waals surface area contributed by atoms with Crippen molar-refractivity contribution in [1.82, 2.24) is 0 Å². The van der Waals surface area contributed by atoms with Gasteiger partial charge in [-0.2, -0.15) is 0 Å². The molecule has 0 aliphatic rings. The maximum Gasteiger partial charge on any atom is 0.126 e. The van der Waals surface area contributed by atoms with Crippen molar-refractivity contribution in [3.8, 4) is 11.5 Å². The molecule has 0 radical (unpaired) electrons. The first-order valence-corrected chi connectivity index (χ1v) is 5.88. The molecule has 0 saturated heterocycles. The summed E-state index contributed by atoms with van der Waals surface area (Å²) in [4.78, 5) is 0. The summed E-state index contributed by atoms with van der Waals surface area (Å²) in [6, 6.07) is 4.25. The molecule has 0 aliphatic heterocycles. The predicted molar refractivity (Wildman–Crippen MR) is 67.6 cm³/mol. The number of methoxy groups -OCH3 is 2. The molecule has 1 rings (SSSR count). The Labute approximate surface area is 98.6 Å². The van der Waals surface area contributed by atoms with Crippen molar-refractivity contribution in [3.63, 3.8) is 0 Å². The second kappa shape index (κ2) is 5.78. The van der Waals surface area contributed by atoms with Gasteiger partial charge in [0.2, 0.25) is 0 Å². The van der Waals surface area contributed by atoms with Gasteiger partial charge in [-0.25, -0.2) is 0 Å². The topological polar surface area (TPSA) is 18.5 Å². The van der Waals surface area contributed by atoms with E-state index in [4.69, 9.17) is 9.47 Å². The highest BCUT2D eigenvalue weighted by Crippen LogP contribution is 2.34. The van der Waals surface area contributed by atoms with Crippen LogP contribution in [0.4, 0.5) is 0 Å². The van der Waals surface area contributed by atoms with Crippen LogP contribution in [0.1, 0.15) is 44.2 Å². The molecule has 1 aromatic rings. The zero-order valence-corrected chi connectivity index (χ0v) is 11.0. The molecule has 0 atom stereocenters. The molecule has 2 heteroatoms. The van der Waals surface area contributed by atoms with Crippen LogP contribution in [0.25, 0.3) is 0 Å². The Morgan fingerprint density at radius 2 is 1.56 bits per heavy atom. The summed E-state index contributed by atoms with van der Waals surface area (Å²) < 4.78 is 10.9. The lowest BCUT2D eigenvalue weighted by molar-refractivity contribution is 0.383. The lowest BCUT2D eigenvalue weighted by atomic mass is 9.98. The number of ether oxygens (including phenoxy) is 2. The number of benzene rings is 1. The van der Waals surface area contributed by atoms with Gasteiger partial charge in [-0.1, -0.05) is 27.2 Å². The second-order valence-corrected chi connectivity index (χ2v) is 4.31. The fraction of sp³-hybridized carbons (Fsp3) is 0.571. The molecule has 90 valence electrons. The first-order chi connectivity index (χ1) is 7.63. The van der Waals surface area contributed by atoms with Crippen LogP contribution in [0.3, 0.4) is 0 Å². The fourth-order valence-electron chi connectivity index (χ4n) is 1.83. The van der Waals surface area contributed by atoms with Crippen LogP contribution < -0.4 is 9.47 Å². The predicted octanol–water partition coefficient (Wildman–Crippen LogP) is 3.78. The minimum atomic E-state index is 0.485. The molecule has 0 spiro atoms. The first kappa shape index (κ1) is 12.9. The van der Waals surface area contributed by atoms with Crippen LogP contribution in [-0.4, -0.2) is 14.2 Å². The van der Waals surface area contributed by atoms with E-state index in [2.05, 4.69) is 32.9 Å². The highest BCUT2D eigenvalue weighted by Gasteiger charge is 2.13. The third-order valence-corrected chi connectivity index (χ3v) is 2.80. The molecule has 0 aliphatic carbocycles. The number of rotatable bonds is 5. The molecule has 0 bridgehead atoms. The van der Waals surface area contributed by atoms with Gasteiger partial charge in [-0.3, -0.25) is 0 Å². The molecule has 0 unspecified atom stereocenters. The van der Waals surface area contributed by atoms with Crippen molar-refractivity contribution in [2.24, 2.45) is 0 Å². The Balaban J connectivity index is 3.25. The van der Waals surface area contributed by atoms with Crippen molar-refractivity contribution in [2.45, 2.75) is 39.5 Å². The van der Waals surface area contributed by atoms with Gasteiger partial charge in [0.1, 0.15) is 11.5 Å². The smallest absolute Gasteiger partial charge is 0.126 e. The number of hydrogen-bond donors (Lipinski definition) is 0. The highest BCUT2D eigenvalue weighted by molar-refractivity contribution is 5.49. The minimum Gasteiger partial charge on any atom is -0.496 e. The lowest BCUT2D eigenvalue weighted by Gasteiger charge is -2.16. The van der Waals surface area contributed by atoms with Crippen molar-refractivity contribution in [1.29, 1.82) is 0 Å². The van der Waals surface area contributed by atoms with Crippen molar-refractivity contribution < 1.29 is 9.47 Å². The van der Waals surface area contributed by atoms with Crippen LogP contribution in [0.2, 0.25) is 0 Å². The van der Waals surface area contributed by atoms with Crippen molar-refractivity contribution in [2.75, 3.05) is 14.2 Å². The van der Waals surface area contributed by atoms with Crippen LogP contribution >= 0.6 is 0 Å². The molecular formula is C14H22O2. The Morgan fingerprint density at radius 3 is 1.88 bits per heavy atom. The van der Waals surface area contributed by atoms with Gasteiger partial charge in [0, 0.05) is 5.56 Å². The summed E-state index contributed by atoms with van der Waals surface area (Å²) in [6.07, 6.45) is 2.08. The van der Waals surface area contributed by atoms with E-state index >= 15 is 0 Å². The monoisotopic (exact) mass is 222 g/mol. The van der Waals surface area contributed by atoms with Gasteiger partial charge in [-0.15, -0.1) is 0 Å². The van der Waals surface area contributed by atoms with Crippen molar-refractivity contribution in [3.05, 3.63) is 23.3 Å². The Bertz CT molecular complexity index is 318. The second-order valence-electron chi connectivity index (χ2n) is 4.31. The zero-order valence-electron chi connectivity index (χ0n) is 11.0. The van der Waals surface area contributed by atoms with E-state index in [0.29, 0.717) is 5.92 Å². The van der Waals surface area contributed by atoms with Gasteiger partial charge in [-0.05, 0) is 30.0 Å². The third-order valence-electron chi connectivity index (χ3n) is 2.80. The molecule has 16 heavy (non-hydrogen) atoms. The SMILES string of the molecule is CCCc1c(OC)cc(C(C)C)cc1OC. The normalized spacial score (nSPS) is 10.6. The minimum absolute atomic E-state index is 0.485. The molecule has 0 aromatic heterocycles. The molecule has 0 saturated carbocycles. The number of hydrogen-bond acceptors (Lipinski definition) is 2. The third kappa shape index (κ3) is 2.69. The average Bonchev–Trinajstić information content (AvgIpc) is 2.29. The van der Waals surface area contributed by atoms with Crippen LogP contribution in [-0.2, 0) is 6.42 Å². The van der Waals surface area contributed by atoms with E-state index < -0.39 is 0 Å².